The van der Waals surface area contributed by atoms with Crippen molar-refractivity contribution in [1.82, 2.24) is 0 Å². The molecule has 3 aromatic carbocycles. The van der Waals surface area contributed by atoms with Crippen molar-refractivity contribution in [3.05, 3.63) is 93.0 Å². The fraction of sp³-hybridized carbons (Fsp3) is 0.154. The van der Waals surface area contributed by atoms with Gasteiger partial charge in [-0.2, -0.15) is 0 Å². The maximum absolute atomic E-state index is 13.4. The van der Waals surface area contributed by atoms with Gasteiger partial charge in [-0.3, -0.25) is 14.5 Å². The monoisotopic (exact) mass is 497 g/mol. The molecule has 1 heterocycles. The Labute approximate surface area is 206 Å². The molecule has 0 spiro atoms. The summed E-state index contributed by atoms with van der Waals surface area (Å²) >= 11 is 12.5. The Balaban J connectivity index is 2.05. The molecule has 3 aromatic rings. The third-order valence-corrected chi connectivity index (χ3v) is 6.12. The highest BCUT2D eigenvalue weighted by atomic mass is 35.5. The number of hydrogen-bond acceptors (Lipinski definition) is 5. The number of ether oxygens (including phenoxy) is 2. The third kappa shape index (κ3) is 4.00. The van der Waals surface area contributed by atoms with Crippen molar-refractivity contribution < 1.29 is 24.2 Å². The Hall–Kier alpha value is -3.48. The molecule has 1 N–H and O–H groups in total. The SMILES string of the molecule is COc1ccccc1C1/C(=C(\O)c2cc(Cl)cc(Cl)c2OC)C(=O)C(=O)N1c1cccc(C)c1. The van der Waals surface area contributed by atoms with Crippen LogP contribution in [0.25, 0.3) is 5.76 Å². The van der Waals surface area contributed by atoms with Crippen LogP contribution in [0.3, 0.4) is 0 Å². The van der Waals surface area contributed by atoms with Gasteiger partial charge in [-0.15, -0.1) is 0 Å². The van der Waals surface area contributed by atoms with Crippen LogP contribution in [0, 0.1) is 6.92 Å². The first-order valence-electron chi connectivity index (χ1n) is 10.3. The summed E-state index contributed by atoms with van der Waals surface area (Å²) in [6, 6.07) is 16.1. The number of amides is 1. The molecule has 1 aliphatic rings. The van der Waals surface area contributed by atoms with Gasteiger partial charge in [-0.1, -0.05) is 53.5 Å². The number of aryl methyl sites for hydroxylation is 1. The maximum Gasteiger partial charge on any atom is 0.300 e. The number of halogens is 2. The second-order valence-corrected chi connectivity index (χ2v) is 8.56. The number of ketones is 1. The lowest BCUT2D eigenvalue weighted by molar-refractivity contribution is -0.132. The molecule has 4 rings (SSSR count). The van der Waals surface area contributed by atoms with E-state index in [1.807, 2.05) is 13.0 Å². The lowest BCUT2D eigenvalue weighted by Gasteiger charge is -2.27. The number of aliphatic hydroxyl groups excluding tert-OH is 1. The molecule has 0 saturated carbocycles. The molecule has 1 atom stereocenters. The molecule has 1 amide bonds. The number of anilines is 1. The normalized spacial score (nSPS) is 17.2. The van der Waals surface area contributed by atoms with Crippen LogP contribution in [0.4, 0.5) is 5.69 Å². The summed E-state index contributed by atoms with van der Waals surface area (Å²) in [6.45, 7) is 1.89. The number of rotatable bonds is 5. The van der Waals surface area contributed by atoms with Gasteiger partial charge in [0.25, 0.3) is 11.7 Å². The zero-order chi connectivity index (χ0) is 24.6. The number of methoxy groups -OCH3 is 2. The average Bonchev–Trinajstić information content (AvgIpc) is 3.08. The quantitative estimate of drug-likeness (QED) is 0.268. The van der Waals surface area contributed by atoms with E-state index in [9.17, 15) is 14.7 Å². The van der Waals surface area contributed by atoms with Crippen LogP contribution in [-0.2, 0) is 9.59 Å². The molecule has 34 heavy (non-hydrogen) atoms. The van der Waals surface area contributed by atoms with Crippen LogP contribution in [0.5, 0.6) is 11.5 Å². The summed E-state index contributed by atoms with van der Waals surface area (Å²) < 4.78 is 10.9. The first-order valence-corrected chi connectivity index (χ1v) is 11.1. The lowest BCUT2D eigenvalue weighted by Crippen LogP contribution is -2.29. The number of nitrogens with zero attached hydrogens (tertiary/aromatic N) is 1. The first-order chi connectivity index (χ1) is 16.3. The van der Waals surface area contributed by atoms with Gasteiger partial charge in [0.15, 0.2) is 0 Å². The summed E-state index contributed by atoms with van der Waals surface area (Å²) in [6.07, 6.45) is 0. The molecule has 1 saturated heterocycles. The predicted molar refractivity (Wildman–Crippen MR) is 132 cm³/mol. The molecule has 0 aromatic heterocycles. The number of carbonyl (C=O) groups excluding carboxylic acids is 2. The fourth-order valence-corrected chi connectivity index (χ4v) is 4.72. The Kier molecular flexibility index (Phi) is 6.55. The van der Waals surface area contributed by atoms with E-state index in [1.54, 1.807) is 42.5 Å². The van der Waals surface area contributed by atoms with Crippen LogP contribution in [0.2, 0.25) is 10.0 Å². The molecule has 1 unspecified atom stereocenters. The second kappa shape index (κ2) is 9.41. The van der Waals surface area contributed by atoms with Crippen molar-refractivity contribution in [2.24, 2.45) is 0 Å². The number of para-hydroxylation sites is 1. The molecule has 174 valence electrons. The van der Waals surface area contributed by atoms with Crippen molar-refractivity contribution in [1.29, 1.82) is 0 Å². The largest absolute Gasteiger partial charge is 0.507 e. The molecule has 8 heteroatoms. The fourth-order valence-electron chi connectivity index (χ4n) is 4.15. The molecule has 0 radical (unpaired) electrons. The van der Waals surface area contributed by atoms with Gasteiger partial charge in [0, 0.05) is 16.3 Å². The lowest BCUT2D eigenvalue weighted by atomic mass is 9.94. The molecule has 0 bridgehead atoms. The van der Waals surface area contributed by atoms with Crippen molar-refractivity contribution in [2.75, 3.05) is 19.1 Å². The molecule has 6 nitrogen and oxygen atoms in total. The molecular weight excluding hydrogens is 477 g/mol. The predicted octanol–water partition coefficient (Wildman–Crippen LogP) is 5.95. The summed E-state index contributed by atoms with van der Waals surface area (Å²) in [5.41, 5.74) is 1.91. The van der Waals surface area contributed by atoms with Crippen LogP contribution in [0.15, 0.2) is 66.2 Å². The van der Waals surface area contributed by atoms with Gasteiger partial charge in [0.1, 0.15) is 17.3 Å². The van der Waals surface area contributed by atoms with Gasteiger partial charge in [0.2, 0.25) is 0 Å². The van der Waals surface area contributed by atoms with Crippen LogP contribution in [-0.4, -0.2) is 31.0 Å². The summed E-state index contributed by atoms with van der Waals surface area (Å²) in [7, 11) is 2.88. The van der Waals surface area contributed by atoms with Crippen molar-refractivity contribution in [3.63, 3.8) is 0 Å². The summed E-state index contributed by atoms with van der Waals surface area (Å²) in [4.78, 5) is 28.1. The van der Waals surface area contributed by atoms with E-state index in [1.165, 1.54) is 31.3 Å². The van der Waals surface area contributed by atoms with Gasteiger partial charge < -0.3 is 14.6 Å². The van der Waals surface area contributed by atoms with E-state index >= 15 is 0 Å². The number of hydrogen-bond donors (Lipinski definition) is 1. The minimum Gasteiger partial charge on any atom is -0.507 e. The smallest absolute Gasteiger partial charge is 0.300 e. The van der Waals surface area contributed by atoms with Crippen molar-refractivity contribution in [2.45, 2.75) is 13.0 Å². The van der Waals surface area contributed by atoms with Crippen LogP contribution in [0.1, 0.15) is 22.7 Å². The topological polar surface area (TPSA) is 76.1 Å². The van der Waals surface area contributed by atoms with Gasteiger partial charge in [-0.05, 0) is 42.8 Å². The maximum atomic E-state index is 13.4. The second-order valence-electron chi connectivity index (χ2n) is 7.72. The van der Waals surface area contributed by atoms with Crippen molar-refractivity contribution >= 4 is 46.3 Å². The van der Waals surface area contributed by atoms with Gasteiger partial charge in [-0.25, -0.2) is 0 Å². The molecule has 0 aliphatic carbocycles. The Bertz CT molecular complexity index is 1330. The minimum absolute atomic E-state index is 0.0992. The van der Waals surface area contributed by atoms with E-state index in [2.05, 4.69) is 0 Å². The number of carbonyl (C=O) groups is 2. The minimum atomic E-state index is -0.972. The van der Waals surface area contributed by atoms with E-state index in [4.69, 9.17) is 32.7 Å². The van der Waals surface area contributed by atoms with Crippen LogP contribution < -0.4 is 14.4 Å². The molecule has 1 aliphatic heterocycles. The average molecular weight is 498 g/mol. The van der Waals surface area contributed by atoms with Gasteiger partial charge in [0.05, 0.1) is 36.4 Å². The number of Topliss-reactive ketones (excluding diaryl/α,β-unsaturated/α-hetero) is 1. The van der Waals surface area contributed by atoms with E-state index in [-0.39, 0.29) is 26.9 Å². The van der Waals surface area contributed by atoms with Crippen LogP contribution >= 0.6 is 23.2 Å². The zero-order valence-corrected chi connectivity index (χ0v) is 20.1. The zero-order valence-electron chi connectivity index (χ0n) is 18.6. The van der Waals surface area contributed by atoms with Crippen molar-refractivity contribution in [3.8, 4) is 11.5 Å². The van der Waals surface area contributed by atoms with E-state index < -0.39 is 23.5 Å². The standard InChI is InChI=1S/C26H21Cl2NO5/c1-14-7-6-8-16(11-14)29-22(17-9-4-5-10-20(17)33-2)21(24(31)26(29)32)23(30)18-12-15(27)13-19(28)25(18)34-3/h4-13,22,30H,1-3H3/b23-21+. The summed E-state index contributed by atoms with van der Waals surface area (Å²) in [5.74, 6) is -1.51. The third-order valence-electron chi connectivity index (χ3n) is 5.63. The number of aliphatic hydroxyl groups is 1. The van der Waals surface area contributed by atoms with E-state index in [0.717, 1.165) is 5.56 Å². The van der Waals surface area contributed by atoms with E-state index in [0.29, 0.717) is 17.0 Å². The Morgan fingerprint density at radius 1 is 0.971 bits per heavy atom. The Morgan fingerprint density at radius 2 is 1.71 bits per heavy atom. The highest BCUT2D eigenvalue weighted by Crippen LogP contribution is 2.46. The highest BCUT2D eigenvalue weighted by molar-refractivity contribution is 6.52. The Morgan fingerprint density at radius 3 is 2.38 bits per heavy atom. The molecule has 1 fully saturated rings. The highest BCUT2D eigenvalue weighted by Gasteiger charge is 2.48. The first kappa shape index (κ1) is 23.7. The van der Waals surface area contributed by atoms with Gasteiger partial charge >= 0.3 is 0 Å². The molecular formula is C26H21Cl2NO5. The number of benzene rings is 3. The summed E-state index contributed by atoms with van der Waals surface area (Å²) in [5, 5.41) is 11.8.